The van der Waals surface area contributed by atoms with Gasteiger partial charge in [-0.15, -0.1) is 0 Å². The van der Waals surface area contributed by atoms with E-state index < -0.39 is 18.8 Å². The summed E-state index contributed by atoms with van der Waals surface area (Å²) in [4.78, 5) is 21.6. The van der Waals surface area contributed by atoms with Crippen molar-refractivity contribution in [3.05, 3.63) is 0 Å². The molecule has 0 saturated carbocycles. The van der Waals surface area contributed by atoms with Crippen molar-refractivity contribution in [1.82, 2.24) is 0 Å². The second kappa shape index (κ2) is 20.2. The van der Waals surface area contributed by atoms with Crippen LogP contribution in [0.4, 0.5) is 0 Å². The third-order valence-electron chi connectivity index (χ3n) is 1.46. The second-order valence-corrected chi connectivity index (χ2v) is 4.61. The van der Waals surface area contributed by atoms with E-state index in [0.29, 0.717) is 0 Å². The van der Waals surface area contributed by atoms with Gasteiger partial charge in [-0.1, -0.05) is 52.4 Å². The molecule has 0 fully saturated rings. The molecule has 0 unspecified atom stereocenters. The molecule has 0 atom stereocenters. The van der Waals surface area contributed by atoms with Gasteiger partial charge in [-0.25, -0.2) is 4.57 Å². The molecule has 0 spiro atoms. The summed E-state index contributed by atoms with van der Waals surface area (Å²) in [6.45, 7) is 4.51. The van der Waals surface area contributed by atoms with Crippen molar-refractivity contribution >= 4 is 45.0 Å². The van der Waals surface area contributed by atoms with E-state index in [1.54, 1.807) is 0 Å². The van der Waals surface area contributed by atoms with Gasteiger partial charge in [0.1, 0.15) is 0 Å². The summed E-state index contributed by atoms with van der Waals surface area (Å²) in [7, 11) is -7.50. The van der Waals surface area contributed by atoms with E-state index in [-0.39, 0.29) is 26.2 Å². The van der Waals surface area contributed by atoms with Gasteiger partial charge in [-0.2, -0.15) is 0 Å². The van der Waals surface area contributed by atoms with Gasteiger partial charge in [0.2, 0.25) is 0 Å². The zero-order valence-electron chi connectivity index (χ0n) is 10.7. The van der Waals surface area contributed by atoms with Gasteiger partial charge in [-0.3, -0.25) is 0 Å². The van der Waals surface area contributed by atoms with Crippen molar-refractivity contribution in [1.29, 1.82) is 0 Å². The Bertz CT molecular complexity index is 232. The molecule has 114 valence electrons. The molecule has 18 heavy (non-hydrogen) atoms. The third-order valence-corrected chi connectivity index (χ3v) is 1.46. The fourth-order valence-corrected chi connectivity index (χ4v) is 0.854. The molecule has 0 saturated heterocycles. The molecule has 7 nitrogen and oxygen atoms in total. The molecule has 0 aromatic rings. The van der Waals surface area contributed by atoms with Crippen LogP contribution in [0.5, 0.6) is 0 Å². The first kappa shape index (κ1) is 27.3. The average molecular weight is 504 g/mol. The van der Waals surface area contributed by atoms with Crippen LogP contribution in [-0.2, 0) is 24.0 Å². The molecule has 4 N–H and O–H groups in total. The summed E-state index contributed by atoms with van der Waals surface area (Å²) in [5, 5.41) is 0. The Morgan fingerprint density at radius 1 is 0.889 bits per heavy atom. The van der Waals surface area contributed by atoms with Gasteiger partial charge >= 0.3 is 34.0 Å². The van der Waals surface area contributed by atoms with E-state index in [1.807, 2.05) is 0 Å². The Morgan fingerprint density at radius 2 is 1.06 bits per heavy atom. The van der Waals surface area contributed by atoms with Crippen LogP contribution in [0.15, 0.2) is 0 Å². The zero-order chi connectivity index (χ0) is 14.3. The molecule has 0 amide bonds. The first-order valence-electron chi connectivity index (χ1n) is 5.21. The summed E-state index contributed by atoms with van der Waals surface area (Å²) < 4.78 is 33.0. The normalized spacial score (nSPS) is 9.50. The summed E-state index contributed by atoms with van der Waals surface area (Å²) in [6, 6.07) is 0. The fourth-order valence-electron chi connectivity index (χ4n) is 0.854. The van der Waals surface area contributed by atoms with Gasteiger partial charge in [0.25, 0.3) is 0 Å². The molecular formula is C8H24BiO7PS. The summed E-state index contributed by atoms with van der Waals surface area (Å²) in [5.41, 5.74) is 0. The van der Waals surface area contributed by atoms with E-state index >= 15 is 0 Å². The summed E-state index contributed by atoms with van der Waals surface area (Å²) in [6.07, 6.45) is 8.49. The van der Waals surface area contributed by atoms with Crippen LogP contribution >= 0.6 is 7.82 Å². The second-order valence-electron chi connectivity index (χ2n) is 3.14. The van der Waals surface area contributed by atoms with Crippen LogP contribution in [0.25, 0.3) is 0 Å². The predicted octanol–water partition coefficient (Wildman–Crippen LogP) is 1.29. The number of rotatable bonds is 5. The maximum absolute atomic E-state index is 8.88. The van der Waals surface area contributed by atoms with E-state index in [2.05, 4.69) is 13.8 Å². The van der Waals surface area contributed by atoms with Crippen LogP contribution in [0.2, 0.25) is 0 Å². The van der Waals surface area contributed by atoms with Gasteiger partial charge < -0.3 is 27.7 Å². The van der Waals surface area contributed by atoms with Crippen molar-refractivity contribution < 1.29 is 32.2 Å². The number of phosphoric acid groups is 1. The molecule has 0 aliphatic rings. The van der Waals surface area contributed by atoms with Crippen molar-refractivity contribution in [2.75, 3.05) is 0 Å². The van der Waals surface area contributed by atoms with Gasteiger partial charge in [0.05, 0.1) is 0 Å². The number of unbranched alkanes of at least 4 members (excludes halogenated alkanes) is 5. The van der Waals surface area contributed by atoms with E-state index in [1.165, 1.54) is 38.5 Å². The third kappa shape index (κ3) is 123. The van der Waals surface area contributed by atoms with Crippen LogP contribution in [0.3, 0.4) is 0 Å². The van der Waals surface area contributed by atoms with E-state index in [0.717, 1.165) is 0 Å². The Hall–Kier alpha value is 0.903. The molecule has 0 heterocycles. The quantitative estimate of drug-likeness (QED) is 0.111. The van der Waals surface area contributed by atoms with Crippen LogP contribution in [-0.4, -0.2) is 45.4 Å². The van der Waals surface area contributed by atoms with Gasteiger partial charge in [0, 0.05) is 11.0 Å². The maximum atomic E-state index is 8.88. The molecule has 2 radical (unpaired) electrons. The fraction of sp³-hybridized carbons (Fsp3) is 1.00. The first-order chi connectivity index (χ1) is 7.65. The van der Waals surface area contributed by atoms with Crippen molar-refractivity contribution in [3.8, 4) is 0 Å². The molecule has 0 aromatic heterocycles. The van der Waals surface area contributed by atoms with Crippen LogP contribution in [0, 0.1) is 0 Å². The van der Waals surface area contributed by atoms with Gasteiger partial charge in [-0.05, 0) is 0 Å². The molecule has 0 aliphatic carbocycles. The van der Waals surface area contributed by atoms with Crippen molar-refractivity contribution in [2.45, 2.75) is 52.4 Å². The molecule has 0 bridgehead atoms. The van der Waals surface area contributed by atoms with Gasteiger partial charge in [0.15, 0.2) is 0 Å². The molecular weight excluding hydrogens is 480 g/mol. The molecule has 0 aliphatic heterocycles. The first-order valence-corrected chi connectivity index (χ1v) is 7.81. The Balaban J connectivity index is -0.0000000855. The summed E-state index contributed by atoms with van der Waals surface area (Å²) >= 11 is 0. The number of hydrogen-bond donors (Lipinski definition) is 4. The van der Waals surface area contributed by atoms with Crippen LogP contribution in [0.1, 0.15) is 52.4 Å². The minimum absolute atomic E-state index is 0. The standard InChI is InChI=1S/C8H18.Bi.H3O4P.HO3S.2H/c1-3-5-7-8-6-4-2;;1-5(2,3)4;1-4(2)3;;/h3-8H2,1-2H3;;(H3,1,2,3,4);(H,1,2,3);;/q;+1;;-1;;. The molecule has 0 rings (SSSR count). The molecule has 0 aromatic carbocycles. The molecule has 10 heteroatoms. The Kier molecular flexibility index (Phi) is 30.7. The van der Waals surface area contributed by atoms with E-state index in [4.69, 9.17) is 32.2 Å². The zero-order valence-corrected chi connectivity index (χ0v) is 16.9. The average Bonchev–Trinajstić information content (AvgIpc) is 2.09. The Labute approximate surface area is 129 Å². The summed E-state index contributed by atoms with van der Waals surface area (Å²) in [5.74, 6) is 0. The topological polar surface area (TPSA) is 132 Å². The number of hydrogen-bond acceptors (Lipinski definition) is 4. The monoisotopic (exact) mass is 504 g/mol. The van der Waals surface area contributed by atoms with E-state index in [9.17, 15) is 0 Å². The predicted molar refractivity (Wildman–Crippen MR) is 73.2 cm³/mol. The van der Waals surface area contributed by atoms with Crippen LogP contribution < -0.4 is 0 Å². The SMILES string of the molecule is CCCCCCCC.O=P(O)(O)O.O=[S-](=O)O.[BiH2+]. The Morgan fingerprint density at radius 3 is 1.17 bits per heavy atom. The minimum atomic E-state index is -4.64. The van der Waals surface area contributed by atoms with Crippen molar-refractivity contribution in [3.63, 3.8) is 0 Å². The van der Waals surface area contributed by atoms with Crippen molar-refractivity contribution in [2.24, 2.45) is 0 Å².